The number of carbonyl (C=O) groups excluding carboxylic acids is 3. The van der Waals surface area contributed by atoms with E-state index in [0.717, 1.165) is 0 Å². The molecule has 1 aliphatic heterocycles. The molecular weight excluding hydrogens is 396 g/mol. The fourth-order valence-electron chi connectivity index (χ4n) is 3.62. The van der Waals surface area contributed by atoms with Gasteiger partial charge in [-0.05, 0) is 43.3 Å². The second kappa shape index (κ2) is 9.47. The summed E-state index contributed by atoms with van der Waals surface area (Å²) in [4.78, 5) is 42.3. The van der Waals surface area contributed by atoms with Crippen LogP contribution in [0.25, 0.3) is 0 Å². The van der Waals surface area contributed by atoms with Crippen LogP contribution in [-0.2, 0) is 9.53 Å². The van der Waals surface area contributed by atoms with Crippen molar-refractivity contribution in [1.29, 1.82) is 0 Å². The number of carbonyl (C=O) groups is 3. The standard InChI is InChI=1S/C24H26N2O5/c1-4-16-31-23(29)24(2)17-25(21(27)19-10-12-20(30-3)13-11-19)14-15-26(24)22(28)18-8-6-5-7-9-18/h4-13H,1,14-17H2,2-3H3. The SMILES string of the molecule is C=CCOC(=O)C1(C)CN(C(=O)c2ccc(OC)cc2)CCN1C(=O)c1ccccc1. The summed E-state index contributed by atoms with van der Waals surface area (Å²) in [5.74, 6) is -0.441. The first-order valence-electron chi connectivity index (χ1n) is 9.99. The van der Waals surface area contributed by atoms with Gasteiger partial charge >= 0.3 is 5.97 Å². The first-order chi connectivity index (χ1) is 14.9. The monoisotopic (exact) mass is 422 g/mol. The largest absolute Gasteiger partial charge is 0.497 e. The molecule has 162 valence electrons. The van der Waals surface area contributed by atoms with E-state index in [2.05, 4.69) is 6.58 Å². The maximum absolute atomic E-state index is 13.2. The molecule has 1 heterocycles. The lowest BCUT2D eigenvalue weighted by atomic mass is 9.94. The van der Waals surface area contributed by atoms with Crippen molar-refractivity contribution in [3.8, 4) is 5.75 Å². The molecule has 0 saturated carbocycles. The van der Waals surface area contributed by atoms with Crippen LogP contribution >= 0.6 is 0 Å². The molecule has 2 amide bonds. The third-order valence-electron chi connectivity index (χ3n) is 5.35. The molecule has 1 fully saturated rings. The van der Waals surface area contributed by atoms with Gasteiger partial charge in [0.1, 0.15) is 12.4 Å². The van der Waals surface area contributed by atoms with E-state index >= 15 is 0 Å². The number of ether oxygens (including phenoxy) is 2. The highest BCUT2D eigenvalue weighted by atomic mass is 16.5. The Bertz CT molecular complexity index is 958. The molecule has 0 radical (unpaired) electrons. The van der Waals surface area contributed by atoms with Crippen LogP contribution in [0, 0.1) is 0 Å². The molecule has 1 atom stereocenters. The molecule has 2 aromatic rings. The molecule has 0 aliphatic carbocycles. The summed E-state index contributed by atoms with van der Waals surface area (Å²) in [7, 11) is 1.56. The van der Waals surface area contributed by atoms with Crippen LogP contribution in [0.1, 0.15) is 27.6 Å². The molecular formula is C24H26N2O5. The van der Waals surface area contributed by atoms with Crippen LogP contribution in [0.3, 0.4) is 0 Å². The van der Waals surface area contributed by atoms with Crippen LogP contribution in [0.2, 0.25) is 0 Å². The first kappa shape index (κ1) is 22.1. The van der Waals surface area contributed by atoms with Crippen LogP contribution in [-0.4, -0.2) is 66.5 Å². The van der Waals surface area contributed by atoms with Crippen molar-refractivity contribution in [2.45, 2.75) is 12.5 Å². The van der Waals surface area contributed by atoms with Crippen molar-refractivity contribution >= 4 is 17.8 Å². The number of rotatable bonds is 6. The van der Waals surface area contributed by atoms with Gasteiger partial charge in [0.15, 0.2) is 5.54 Å². The van der Waals surface area contributed by atoms with E-state index in [4.69, 9.17) is 9.47 Å². The fraction of sp³-hybridized carbons (Fsp3) is 0.292. The van der Waals surface area contributed by atoms with Gasteiger partial charge in [-0.25, -0.2) is 4.79 Å². The van der Waals surface area contributed by atoms with Crippen LogP contribution in [0.5, 0.6) is 5.75 Å². The van der Waals surface area contributed by atoms with E-state index in [1.54, 1.807) is 67.5 Å². The highest BCUT2D eigenvalue weighted by molar-refractivity contribution is 6.00. The number of hydrogen-bond acceptors (Lipinski definition) is 5. The molecule has 31 heavy (non-hydrogen) atoms. The van der Waals surface area contributed by atoms with Gasteiger partial charge in [-0.3, -0.25) is 9.59 Å². The Morgan fingerprint density at radius 3 is 2.26 bits per heavy atom. The molecule has 3 rings (SSSR count). The maximum atomic E-state index is 13.2. The predicted octanol–water partition coefficient (Wildman–Crippen LogP) is 2.78. The molecule has 7 heteroatoms. The topological polar surface area (TPSA) is 76.2 Å². The van der Waals surface area contributed by atoms with Gasteiger partial charge in [0.05, 0.1) is 13.7 Å². The first-order valence-corrected chi connectivity index (χ1v) is 9.99. The molecule has 0 aromatic heterocycles. The van der Waals surface area contributed by atoms with E-state index in [-0.39, 0.29) is 31.5 Å². The van der Waals surface area contributed by atoms with Crippen molar-refractivity contribution < 1.29 is 23.9 Å². The summed E-state index contributed by atoms with van der Waals surface area (Å²) in [6.45, 7) is 5.74. The Balaban J connectivity index is 1.88. The zero-order valence-corrected chi connectivity index (χ0v) is 17.7. The van der Waals surface area contributed by atoms with Gasteiger partial charge in [-0.15, -0.1) is 0 Å². The predicted molar refractivity (Wildman–Crippen MR) is 116 cm³/mol. The van der Waals surface area contributed by atoms with Gasteiger partial charge in [-0.1, -0.05) is 30.9 Å². The molecule has 1 aliphatic rings. The lowest BCUT2D eigenvalue weighted by molar-refractivity contribution is -0.157. The number of benzene rings is 2. The number of methoxy groups -OCH3 is 1. The Morgan fingerprint density at radius 2 is 1.65 bits per heavy atom. The molecule has 7 nitrogen and oxygen atoms in total. The van der Waals surface area contributed by atoms with Crippen molar-refractivity contribution in [2.75, 3.05) is 33.4 Å². The van der Waals surface area contributed by atoms with E-state index in [9.17, 15) is 14.4 Å². The third-order valence-corrected chi connectivity index (χ3v) is 5.35. The van der Waals surface area contributed by atoms with Crippen molar-refractivity contribution in [2.24, 2.45) is 0 Å². The van der Waals surface area contributed by atoms with E-state index in [0.29, 0.717) is 23.4 Å². The van der Waals surface area contributed by atoms with Crippen molar-refractivity contribution in [3.63, 3.8) is 0 Å². The summed E-state index contributed by atoms with van der Waals surface area (Å²) >= 11 is 0. The highest BCUT2D eigenvalue weighted by Gasteiger charge is 2.48. The molecule has 2 aromatic carbocycles. The lowest BCUT2D eigenvalue weighted by Crippen LogP contribution is -2.67. The smallest absolute Gasteiger partial charge is 0.333 e. The van der Waals surface area contributed by atoms with Crippen LogP contribution in [0.4, 0.5) is 0 Å². The Kier molecular flexibility index (Phi) is 6.74. The lowest BCUT2D eigenvalue weighted by Gasteiger charge is -2.47. The van der Waals surface area contributed by atoms with Gasteiger partial charge in [0.25, 0.3) is 11.8 Å². The molecule has 0 N–H and O–H groups in total. The number of hydrogen-bond donors (Lipinski definition) is 0. The third kappa shape index (κ3) is 4.60. The summed E-state index contributed by atoms with van der Waals surface area (Å²) in [5, 5.41) is 0. The normalized spacial score (nSPS) is 18.3. The van der Waals surface area contributed by atoms with Gasteiger partial charge < -0.3 is 19.3 Å². The average Bonchev–Trinajstić information content (AvgIpc) is 2.82. The quantitative estimate of drug-likeness (QED) is 0.529. The zero-order valence-electron chi connectivity index (χ0n) is 17.7. The minimum absolute atomic E-state index is 0.0203. The molecule has 1 unspecified atom stereocenters. The van der Waals surface area contributed by atoms with Crippen LogP contribution < -0.4 is 4.74 Å². The number of amides is 2. The van der Waals surface area contributed by atoms with E-state index in [1.807, 2.05) is 6.07 Å². The minimum atomic E-state index is -1.34. The van der Waals surface area contributed by atoms with E-state index in [1.165, 1.54) is 11.0 Å². The summed E-state index contributed by atoms with van der Waals surface area (Å²) < 4.78 is 10.4. The maximum Gasteiger partial charge on any atom is 0.333 e. The number of nitrogens with zero attached hydrogens (tertiary/aromatic N) is 2. The highest BCUT2D eigenvalue weighted by Crippen LogP contribution is 2.27. The number of piperazine rings is 1. The fourth-order valence-corrected chi connectivity index (χ4v) is 3.62. The Morgan fingerprint density at radius 1 is 1.00 bits per heavy atom. The Labute approximate surface area is 181 Å². The van der Waals surface area contributed by atoms with Gasteiger partial charge in [-0.2, -0.15) is 0 Å². The van der Waals surface area contributed by atoms with E-state index < -0.39 is 11.5 Å². The van der Waals surface area contributed by atoms with Gasteiger partial charge in [0, 0.05) is 24.2 Å². The zero-order chi connectivity index (χ0) is 22.4. The Hall–Kier alpha value is -3.61. The average molecular weight is 422 g/mol. The van der Waals surface area contributed by atoms with Crippen LogP contribution in [0.15, 0.2) is 67.3 Å². The second-order valence-corrected chi connectivity index (χ2v) is 7.44. The molecule has 1 saturated heterocycles. The second-order valence-electron chi connectivity index (χ2n) is 7.44. The van der Waals surface area contributed by atoms with Gasteiger partial charge in [0.2, 0.25) is 0 Å². The van der Waals surface area contributed by atoms with Crippen molar-refractivity contribution in [1.82, 2.24) is 9.80 Å². The number of esters is 1. The molecule has 0 bridgehead atoms. The van der Waals surface area contributed by atoms with Crippen molar-refractivity contribution in [3.05, 3.63) is 78.4 Å². The summed E-state index contributed by atoms with van der Waals surface area (Å²) in [6, 6.07) is 15.5. The summed E-state index contributed by atoms with van der Waals surface area (Å²) in [5.41, 5.74) is -0.387. The summed E-state index contributed by atoms with van der Waals surface area (Å²) in [6.07, 6.45) is 1.47. The molecule has 0 spiro atoms. The minimum Gasteiger partial charge on any atom is -0.497 e.